The molecule has 2 rings (SSSR count). The largest absolute Gasteiger partial charge is 0.326 e. The number of para-hydroxylation sites is 1. The fourth-order valence-electron chi connectivity index (χ4n) is 2.07. The average molecular weight is 332 g/mol. The Balaban J connectivity index is 1.95. The van der Waals surface area contributed by atoms with Crippen molar-refractivity contribution in [3.8, 4) is 0 Å². The number of nitrogens with one attached hydrogen (secondary N) is 1. The summed E-state index contributed by atoms with van der Waals surface area (Å²) in [5.41, 5.74) is 3.17. The van der Waals surface area contributed by atoms with Gasteiger partial charge in [0.05, 0.1) is 0 Å². The van der Waals surface area contributed by atoms with Crippen LogP contribution in [0.4, 0.5) is 5.69 Å². The van der Waals surface area contributed by atoms with E-state index in [0.29, 0.717) is 6.42 Å². The molecule has 0 aliphatic carbocycles. The van der Waals surface area contributed by atoms with E-state index in [1.807, 2.05) is 54.6 Å². The van der Waals surface area contributed by atoms with Crippen molar-refractivity contribution in [2.75, 3.05) is 5.32 Å². The predicted molar refractivity (Wildman–Crippen MR) is 87.2 cm³/mol. The summed E-state index contributed by atoms with van der Waals surface area (Å²) >= 11 is 3.55. The Morgan fingerprint density at radius 3 is 2.45 bits per heavy atom. The molecule has 0 radical (unpaired) electrons. The maximum atomic E-state index is 12.0. The van der Waals surface area contributed by atoms with Crippen LogP contribution < -0.4 is 5.32 Å². The van der Waals surface area contributed by atoms with Crippen LogP contribution in [0.2, 0.25) is 0 Å². The molecule has 104 valence electrons. The number of carbonyl (C=O) groups excluding carboxylic acids is 1. The molecule has 0 heterocycles. The Labute approximate surface area is 128 Å². The third-order valence-electron chi connectivity index (χ3n) is 3.15. The zero-order valence-corrected chi connectivity index (χ0v) is 13.1. The van der Waals surface area contributed by atoms with Crippen molar-refractivity contribution in [3.63, 3.8) is 0 Å². The number of rotatable bonds is 5. The molecule has 2 aromatic rings. The number of hydrogen-bond donors (Lipinski definition) is 1. The number of carbonyl (C=O) groups is 1. The summed E-state index contributed by atoms with van der Waals surface area (Å²) in [4.78, 5) is 12.3. The molecule has 0 saturated carbocycles. The van der Waals surface area contributed by atoms with Crippen molar-refractivity contribution >= 4 is 27.5 Å². The van der Waals surface area contributed by atoms with Crippen molar-refractivity contribution < 1.29 is 4.79 Å². The van der Waals surface area contributed by atoms with Crippen LogP contribution >= 0.6 is 15.9 Å². The summed E-state index contributed by atoms with van der Waals surface area (Å²) < 4.78 is 0. The molecule has 1 N–H and O–H groups in total. The normalized spacial score (nSPS) is 11.9. The zero-order valence-electron chi connectivity index (χ0n) is 11.5. The van der Waals surface area contributed by atoms with Gasteiger partial charge >= 0.3 is 0 Å². The zero-order chi connectivity index (χ0) is 14.4. The number of alkyl halides is 1. The number of anilines is 1. The topological polar surface area (TPSA) is 29.1 Å². The predicted octanol–water partition coefficient (Wildman–Crippen LogP) is 4.71. The van der Waals surface area contributed by atoms with E-state index in [0.717, 1.165) is 17.7 Å². The Morgan fingerprint density at radius 1 is 1.10 bits per heavy atom. The highest BCUT2D eigenvalue weighted by Gasteiger charge is 2.09. The third kappa shape index (κ3) is 4.20. The summed E-state index contributed by atoms with van der Waals surface area (Å²) in [5, 5.41) is 2.99. The van der Waals surface area contributed by atoms with Gasteiger partial charge in [0.25, 0.3) is 0 Å². The fourth-order valence-corrected chi connectivity index (χ4v) is 2.47. The lowest BCUT2D eigenvalue weighted by atomic mass is 10.1. The molecule has 2 aromatic carbocycles. The van der Waals surface area contributed by atoms with E-state index in [2.05, 4.69) is 28.2 Å². The van der Waals surface area contributed by atoms with E-state index in [-0.39, 0.29) is 10.7 Å². The summed E-state index contributed by atoms with van der Waals surface area (Å²) in [7, 11) is 0. The van der Waals surface area contributed by atoms with Gasteiger partial charge in [-0.3, -0.25) is 4.79 Å². The highest BCUT2D eigenvalue weighted by atomic mass is 79.9. The van der Waals surface area contributed by atoms with Gasteiger partial charge in [0.15, 0.2) is 0 Å². The molecule has 0 bridgehead atoms. The van der Waals surface area contributed by atoms with Crippen molar-refractivity contribution in [1.82, 2.24) is 0 Å². The molecule has 1 atom stereocenters. The summed E-state index contributed by atoms with van der Waals surface area (Å²) in [5.74, 6) is 0.0504. The van der Waals surface area contributed by atoms with Gasteiger partial charge in [-0.25, -0.2) is 0 Å². The second kappa shape index (κ2) is 7.25. The van der Waals surface area contributed by atoms with Gasteiger partial charge in [-0.2, -0.15) is 0 Å². The van der Waals surface area contributed by atoms with Gasteiger partial charge in [0.2, 0.25) is 5.91 Å². The molecule has 1 unspecified atom stereocenters. The molecule has 1 amide bonds. The summed E-state index contributed by atoms with van der Waals surface area (Å²) in [6, 6.07) is 17.9. The number of benzene rings is 2. The van der Waals surface area contributed by atoms with Gasteiger partial charge in [-0.15, -0.1) is 0 Å². The minimum absolute atomic E-state index is 0.0504. The standard InChI is InChI=1S/C17H18BrNO/c1-13(18)15-9-5-6-10-16(15)19-17(20)12-11-14-7-3-2-4-8-14/h2-10,13H,11-12H2,1H3,(H,19,20). The molecular formula is C17H18BrNO. The fraction of sp³-hybridized carbons (Fsp3) is 0.235. The Morgan fingerprint density at radius 2 is 1.75 bits per heavy atom. The number of hydrogen-bond acceptors (Lipinski definition) is 1. The molecule has 0 aliphatic rings. The maximum absolute atomic E-state index is 12.0. The van der Waals surface area contributed by atoms with Crippen molar-refractivity contribution in [2.24, 2.45) is 0 Å². The lowest BCUT2D eigenvalue weighted by molar-refractivity contribution is -0.116. The first-order valence-corrected chi connectivity index (χ1v) is 7.65. The molecule has 20 heavy (non-hydrogen) atoms. The molecule has 0 aromatic heterocycles. The Hall–Kier alpha value is -1.61. The van der Waals surface area contributed by atoms with E-state index < -0.39 is 0 Å². The van der Waals surface area contributed by atoms with Crippen LogP contribution in [0.3, 0.4) is 0 Å². The number of amides is 1. The first-order valence-electron chi connectivity index (χ1n) is 6.73. The number of halogens is 1. The van der Waals surface area contributed by atoms with Gasteiger partial charge in [-0.1, -0.05) is 64.5 Å². The second-order valence-corrected chi connectivity index (χ2v) is 6.11. The molecule has 0 fully saturated rings. The van der Waals surface area contributed by atoms with Gasteiger partial charge < -0.3 is 5.32 Å². The molecule has 0 saturated heterocycles. The average Bonchev–Trinajstić information content (AvgIpc) is 2.46. The van der Waals surface area contributed by atoms with Crippen molar-refractivity contribution in [1.29, 1.82) is 0 Å². The first kappa shape index (κ1) is 14.8. The van der Waals surface area contributed by atoms with Crippen molar-refractivity contribution in [3.05, 3.63) is 65.7 Å². The Bertz CT molecular complexity index is 566. The van der Waals surface area contributed by atoms with E-state index in [9.17, 15) is 4.79 Å². The van der Waals surface area contributed by atoms with Gasteiger partial charge in [-0.05, 0) is 30.5 Å². The van der Waals surface area contributed by atoms with Crippen LogP contribution in [0.5, 0.6) is 0 Å². The molecule has 0 spiro atoms. The van der Waals surface area contributed by atoms with E-state index in [4.69, 9.17) is 0 Å². The molecular weight excluding hydrogens is 314 g/mol. The van der Waals surface area contributed by atoms with Crippen LogP contribution in [0.15, 0.2) is 54.6 Å². The van der Waals surface area contributed by atoms with E-state index in [1.165, 1.54) is 5.56 Å². The Kier molecular flexibility index (Phi) is 5.36. The minimum atomic E-state index is 0.0504. The van der Waals surface area contributed by atoms with Crippen LogP contribution in [-0.4, -0.2) is 5.91 Å². The van der Waals surface area contributed by atoms with Gasteiger partial charge in [0.1, 0.15) is 0 Å². The lowest BCUT2D eigenvalue weighted by Gasteiger charge is -2.12. The monoisotopic (exact) mass is 331 g/mol. The van der Waals surface area contributed by atoms with Crippen LogP contribution in [0.1, 0.15) is 29.3 Å². The van der Waals surface area contributed by atoms with Crippen LogP contribution in [0.25, 0.3) is 0 Å². The van der Waals surface area contributed by atoms with Crippen LogP contribution in [0, 0.1) is 0 Å². The number of aryl methyl sites for hydroxylation is 1. The summed E-state index contributed by atoms with van der Waals surface area (Å²) in [6.45, 7) is 2.05. The lowest BCUT2D eigenvalue weighted by Crippen LogP contribution is -2.13. The first-order chi connectivity index (χ1) is 9.66. The quantitative estimate of drug-likeness (QED) is 0.789. The maximum Gasteiger partial charge on any atom is 0.224 e. The highest BCUT2D eigenvalue weighted by molar-refractivity contribution is 9.09. The van der Waals surface area contributed by atoms with E-state index in [1.54, 1.807) is 0 Å². The third-order valence-corrected chi connectivity index (χ3v) is 3.64. The minimum Gasteiger partial charge on any atom is -0.326 e. The van der Waals surface area contributed by atoms with E-state index >= 15 is 0 Å². The molecule has 3 heteroatoms. The van der Waals surface area contributed by atoms with Crippen LogP contribution in [-0.2, 0) is 11.2 Å². The molecule has 0 aliphatic heterocycles. The second-order valence-electron chi connectivity index (χ2n) is 4.74. The smallest absolute Gasteiger partial charge is 0.224 e. The SMILES string of the molecule is CC(Br)c1ccccc1NC(=O)CCc1ccccc1. The van der Waals surface area contributed by atoms with Crippen molar-refractivity contribution in [2.45, 2.75) is 24.6 Å². The van der Waals surface area contributed by atoms with Gasteiger partial charge in [0, 0.05) is 16.9 Å². The summed E-state index contributed by atoms with van der Waals surface area (Å²) in [6.07, 6.45) is 1.26. The highest BCUT2D eigenvalue weighted by Crippen LogP contribution is 2.28. The molecule has 2 nitrogen and oxygen atoms in total.